The first-order valence-electron chi connectivity index (χ1n) is 11.1. The van der Waals surface area contributed by atoms with Crippen molar-refractivity contribution in [3.8, 4) is 17.2 Å². The molecule has 29 heavy (non-hydrogen) atoms. The Morgan fingerprint density at radius 1 is 1.10 bits per heavy atom. The van der Waals surface area contributed by atoms with Crippen LogP contribution in [0.3, 0.4) is 0 Å². The van der Waals surface area contributed by atoms with Gasteiger partial charge in [0, 0.05) is 17.1 Å². The van der Waals surface area contributed by atoms with E-state index in [1.807, 2.05) is 6.20 Å². The monoisotopic (exact) mass is 393 g/mol. The molecule has 5 nitrogen and oxygen atoms in total. The number of benzene rings is 1. The van der Waals surface area contributed by atoms with Gasteiger partial charge in [0.2, 0.25) is 5.89 Å². The van der Waals surface area contributed by atoms with Gasteiger partial charge in [0.1, 0.15) is 11.5 Å². The molecule has 0 radical (unpaired) electrons. The molecule has 2 fully saturated rings. The van der Waals surface area contributed by atoms with Crippen molar-refractivity contribution in [2.75, 3.05) is 20.2 Å². The average molecular weight is 394 g/mol. The maximum Gasteiger partial charge on any atom is 0.228 e. The minimum Gasteiger partial charge on any atom is -0.495 e. The van der Waals surface area contributed by atoms with Crippen molar-refractivity contribution >= 4 is 10.9 Å². The van der Waals surface area contributed by atoms with Gasteiger partial charge >= 0.3 is 0 Å². The Balaban J connectivity index is 1.60. The van der Waals surface area contributed by atoms with E-state index in [0.717, 1.165) is 42.6 Å². The van der Waals surface area contributed by atoms with Gasteiger partial charge in [-0.05, 0) is 51.8 Å². The second-order valence-electron chi connectivity index (χ2n) is 8.59. The number of rotatable bonds is 5. The van der Waals surface area contributed by atoms with Gasteiger partial charge < -0.3 is 13.7 Å². The lowest BCUT2D eigenvalue weighted by Crippen LogP contribution is -2.17. The lowest BCUT2D eigenvalue weighted by molar-refractivity contribution is 0.299. The van der Waals surface area contributed by atoms with Crippen LogP contribution in [-0.4, -0.2) is 34.7 Å². The maximum absolute atomic E-state index is 6.29. The zero-order valence-corrected chi connectivity index (χ0v) is 17.6. The smallest absolute Gasteiger partial charge is 0.228 e. The molecule has 0 amide bonds. The quantitative estimate of drug-likeness (QED) is 0.556. The third kappa shape index (κ3) is 3.35. The van der Waals surface area contributed by atoms with Gasteiger partial charge in [-0.1, -0.05) is 31.4 Å². The Bertz CT molecular complexity index is 991. The van der Waals surface area contributed by atoms with E-state index in [1.54, 1.807) is 7.11 Å². The fraction of sp³-hybridized carbons (Fsp3) is 0.542. The van der Waals surface area contributed by atoms with Crippen LogP contribution in [0.25, 0.3) is 22.4 Å². The number of hydrogen-bond donors (Lipinski definition) is 0. The maximum atomic E-state index is 6.29. The van der Waals surface area contributed by atoms with Gasteiger partial charge in [-0.2, -0.15) is 0 Å². The van der Waals surface area contributed by atoms with Crippen LogP contribution in [0, 0.1) is 6.92 Å². The van der Waals surface area contributed by atoms with Crippen LogP contribution in [0.5, 0.6) is 5.75 Å². The van der Waals surface area contributed by atoms with E-state index in [-0.39, 0.29) is 0 Å². The average Bonchev–Trinajstić information content (AvgIpc) is 3.48. The molecule has 5 rings (SSSR count). The number of oxazole rings is 1. The van der Waals surface area contributed by atoms with Crippen molar-refractivity contribution in [2.45, 2.75) is 64.5 Å². The zero-order valence-electron chi connectivity index (χ0n) is 17.6. The Hall–Kier alpha value is -2.27. The summed E-state index contributed by atoms with van der Waals surface area (Å²) in [6.45, 7) is 5.39. The summed E-state index contributed by atoms with van der Waals surface area (Å²) in [5, 5.41) is 1.18. The molecular weight excluding hydrogens is 362 g/mol. The summed E-state index contributed by atoms with van der Waals surface area (Å²) >= 11 is 0. The van der Waals surface area contributed by atoms with E-state index in [1.165, 1.54) is 61.5 Å². The lowest BCUT2D eigenvalue weighted by Gasteiger charge is -2.26. The summed E-state index contributed by atoms with van der Waals surface area (Å²) in [7, 11) is 1.77. The van der Waals surface area contributed by atoms with Gasteiger partial charge in [0.05, 0.1) is 30.9 Å². The number of hydrogen-bond acceptors (Lipinski definition) is 4. The predicted molar refractivity (Wildman–Crippen MR) is 115 cm³/mol. The molecule has 154 valence electrons. The Kier molecular flexibility index (Phi) is 5.08. The highest BCUT2D eigenvalue weighted by Gasteiger charge is 2.27. The second-order valence-corrected chi connectivity index (χ2v) is 8.59. The lowest BCUT2D eigenvalue weighted by atomic mass is 9.95. The highest BCUT2D eigenvalue weighted by Crippen LogP contribution is 2.43. The number of aromatic nitrogens is 2. The standard InChI is InChI=1S/C24H31N3O2/c1-17-22(24-25-15-19(29-24)16-26-13-6-7-14-26)20-11-8-12-21(28-2)23(20)27(17)18-9-4-3-5-10-18/h8,11-12,15,18H,3-7,9-10,13-14,16H2,1-2H3. The van der Waals surface area contributed by atoms with Crippen molar-refractivity contribution in [2.24, 2.45) is 0 Å². The van der Waals surface area contributed by atoms with Gasteiger partial charge in [-0.3, -0.25) is 4.90 Å². The highest BCUT2D eigenvalue weighted by atomic mass is 16.5. The molecule has 0 spiro atoms. The minimum atomic E-state index is 0.523. The number of likely N-dealkylation sites (tertiary alicyclic amines) is 1. The molecule has 1 aliphatic carbocycles. The van der Waals surface area contributed by atoms with Crippen LogP contribution in [0.4, 0.5) is 0 Å². The number of para-hydroxylation sites is 1. The summed E-state index contributed by atoms with van der Waals surface area (Å²) in [5.74, 6) is 2.64. The Morgan fingerprint density at radius 3 is 2.66 bits per heavy atom. The molecule has 0 N–H and O–H groups in total. The molecule has 5 heteroatoms. The van der Waals surface area contributed by atoms with E-state index in [9.17, 15) is 0 Å². The van der Waals surface area contributed by atoms with E-state index in [0.29, 0.717) is 6.04 Å². The van der Waals surface area contributed by atoms with Gasteiger partial charge in [-0.25, -0.2) is 4.98 Å². The molecular formula is C24H31N3O2. The molecule has 2 aliphatic rings. The Morgan fingerprint density at radius 2 is 1.90 bits per heavy atom. The molecule has 0 atom stereocenters. The summed E-state index contributed by atoms with van der Waals surface area (Å²) < 4.78 is 14.6. The first kappa shape index (κ1) is 18.7. The van der Waals surface area contributed by atoms with Crippen molar-refractivity contribution < 1.29 is 9.15 Å². The van der Waals surface area contributed by atoms with Gasteiger partial charge in [0.25, 0.3) is 0 Å². The molecule has 0 unspecified atom stereocenters. The summed E-state index contributed by atoms with van der Waals surface area (Å²) in [5.41, 5.74) is 3.55. The molecule has 1 aliphatic heterocycles. The number of nitrogens with zero attached hydrogens (tertiary/aromatic N) is 3. The van der Waals surface area contributed by atoms with E-state index in [4.69, 9.17) is 14.1 Å². The van der Waals surface area contributed by atoms with Crippen molar-refractivity contribution in [3.63, 3.8) is 0 Å². The third-order valence-electron chi connectivity index (χ3n) is 6.74. The van der Waals surface area contributed by atoms with Crippen molar-refractivity contribution in [3.05, 3.63) is 35.9 Å². The van der Waals surface area contributed by atoms with Crippen molar-refractivity contribution in [1.29, 1.82) is 0 Å². The van der Waals surface area contributed by atoms with E-state index >= 15 is 0 Å². The summed E-state index contributed by atoms with van der Waals surface area (Å²) in [6.07, 6.45) is 10.9. The second kappa shape index (κ2) is 7.86. The minimum absolute atomic E-state index is 0.523. The predicted octanol–water partition coefficient (Wildman–Crippen LogP) is 5.71. The first-order valence-corrected chi connectivity index (χ1v) is 11.1. The Labute approximate surface area is 172 Å². The molecule has 2 aromatic heterocycles. The van der Waals surface area contributed by atoms with Crippen molar-refractivity contribution in [1.82, 2.24) is 14.5 Å². The summed E-state index contributed by atoms with van der Waals surface area (Å²) in [6, 6.07) is 6.85. The van der Waals surface area contributed by atoms with Crippen LogP contribution in [0.15, 0.2) is 28.8 Å². The molecule has 1 saturated heterocycles. The highest BCUT2D eigenvalue weighted by molar-refractivity contribution is 5.99. The zero-order chi connectivity index (χ0) is 19.8. The van der Waals surface area contributed by atoms with Crippen LogP contribution >= 0.6 is 0 Å². The SMILES string of the molecule is COc1cccc2c(-c3ncc(CN4CCCC4)o3)c(C)n(C3CCCCC3)c12. The number of methoxy groups -OCH3 is 1. The molecule has 1 aromatic carbocycles. The topological polar surface area (TPSA) is 43.4 Å². The van der Waals surface area contributed by atoms with Gasteiger partial charge in [-0.15, -0.1) is 0 Å². The fourth-order valence-electron chi connectivity index (χ4n) is 5.34. The van der Waals surface area contributed by atoms with Crippen LogP contribution < -0.4 is 4.74 Å². The van der Waals surface area contributed by atoms with Crippen LogP contribution in [0.1, 0.15) is 62.4 Å². The molecule has 0 bridgehead atoms. The van der Waals surface area contributed by atoms with Gasteiger partial charge in [0.15, 0.2) is 0 Å². The molecule has 3 aromatic rings. The third-order valence-corrected chi connectivity index (χ3v) is 6.74. The summed E-state index contributed by atoms with van der Waals surface area (Å²) in [4.78, 5) is 7.16. The fourth-order valence-corrected chi connectivity index (χ4v) is 5.34. The number of ether oxygens (including phenoxy) is 1. The van der Waals surface area contributed by atoms with E-state index in [2.05, 4.69) is 34.6 Å². The number of fused-ring (bicyclic) bond motifs is 1. The van der Waals surface area contributed by atoms with Crippen LogP contribution in [-0.2, 0) is 6.54 Å². The van der Waals surface area contributed by atoms with Crippen LogP contribution in [0.2, 0.25) is 0 Å². The first-order chi connectivity index (χ1) is 14.3. The van der Waals surface area contributed by atoms with E-state index < -0.39 is 0 Å². The largest absolute Gasteiger partial charge is 0.495 e. The molecule has 1 saturated carbocycles. The molecule has 3 heterocycles. The normalized spacial score (nSPS) is 18.7.